The Kier molecular flexibility index (Phi) is 8.41. The van der Waals surface area contributed by atoms with Crippen LogP contribution in [0.4, 0.5) is 5.69 Å². The van der Waals surface area contributed by atoms with E-state index in [1.165, 1.54) is 26.4 Å². The highest BCUT2D eigenvalue weighted by Gasteiger charge is 2.24. The summed E-state index contributed by atoms with van der Waals surface area (Å²) in [5.74, 6) is -1.35. The maximum atomic E-state index is 14.0. The molecule has 0 saturated heterocycles. The molecular formula is C31H26N2O5. The number of methoxy groups -OCH3 is 2. The third-order valence-electron chi connectivity index (χ3n) is 5.86. The van der Waals surface area contributed by atoms with Crippen LogP contribution in [-0.2, 0) is 25.6 Å². The van der Waals surface area contributed by atoms with Gasteiger partial charge in [-0.05, 0) is 46.4 Å². The van der Waals surface area contributed by atoms with Gasteiger partial charge in [0, 0.05) is 23.7 Å². The summed E-state index contributed by atoms with van der Waals surface area (Å²) in [4.78, 5) is 43.9. The number of aromatic nitrogens is 1. The Bertz CT molecular complexity index is 1510. The van der Waals surface area contributed by atoms with E-state index in [0.717, 1.165) is 16.3 Å². The van der Waals surface area contributed by atoms with Crippen molar-refractivity contribution in [1.29, 1.82) is 0 Å². The van der Waals surface area contributed by atoms with E-state index in [-0.39, 0.29) is 18.1 Å². The zero-order valence-electron chi connectivity index (χ0n) is 21.0. The van der Waals surface area contributed by atoms with Crippen LogP contribution < -0.4 is 4.90 Å². The van der Waals surface area contributed by atoms with Crippen LogP contribution in [0, 0.1) is 0 Å². The van der Waals surface area contributed by atoms with Crippen molar-refractivity contribution in [2.24, 2.45) is 0 Å². The average Bonchev–Trinajstić information content (AvgIpc) is 2.97. The molecule has 0 aliphatic carbocycles. The zero-order valence-corrected chi connectivity index (χ0v) is 21.0. The van der Waals surface area contributed by atoms with Crippen LogP contribution >= 0.6 is 0 Å². The SMILES string of the molecule is COC(=O)/C=C/c1ccc2cccc(/C=C/C(=O)OC)c2c1N(Cc1ccccc1)C(=O)c1ccccn1. The summed E-state index contributed by atoms with van der Waals surface area (Å²) in [6.45, 7) is 0.240. The van der Waals surface area contributed by atoms with Gasteiger partial charge in [-0.15, -0.1) is 0 Å². The molecule has 7 nitrogen and oxygen atoms in total. The van der Waals surface area contributed by atoms with E-state index in [4.69, 9.17) is 9.47 Å². The van der Waals surface area contributed by atoms with Gasteiger partial charge in [0.2, 0.25) is 0 Å². The van der Waals surface area contributed by atoms with Gasteiger partial charge in [0.1, 0.15) is 5.69 Å². The third-order valence-corrected chi connectivity index (χ3v) is 5.86. The van der Waals surface area contributed by atoms with Gasteiger partial charge < -0.3 is 14.4 Å². The molecule has 0 radical (unpaired) electrons. The van der Waals surface area contributed by atoms with Crippen molar-refractivity contribution in [2.75, 3.05) is 19.1 Å². The van der Waals surface area contributed by atoms with Crippen molar-refractivity contribution in [3.8, 4) is 0 Å². The number of carbonyl (C=O) groups excluding carboxylic acids is 3. The summed E-state index contributed by atoms with van der Waals surface area (Å²) in [5.41, 5.74) is 3.04. The molecule has 0 aliphatic rings. The van der Waals surface area contributed by atoms with Gasteiger partial charge in [0.05, 0.1) is 26.5 Å². The second-order valence-corrected chi connectivity index (χ2v) is 8.25. The van der Waals surface area contributed by atoms with E-state index in [9.17, 15) is 14.4 Å². The highest BCUT2D eigenvalue weighted by Crippen LogP contribution is 2.37. The lowest BCUT2D eigenvalue weighted by Gasteiger charge is -2.27. The maximum Gasteiger partial charge on any atom is 0.330 e. The van der Waals surface area contributed by atoms with Crippen LogP contribution in [0.3, 0.4) is 0 Å². The topological polar surface area (TPSA) is 85.8 Å². The molecule has 1 heterocycles. The normalized spacial score (nSPS) is 11.1. The predicted molar refractivity (Wildman–Crippen MR) is 147 cm³/mol. The van der Waals surface area contributed by atoms with Crippen molar-refractivity contribution in [3.63, 3.8) is 0 Å². The fourth-order valence-corrected chi connectivity index (χ4v) is 4.07. The quantitative estimate of drug-likeness (QED) is 0.233. The zero-order chi connectivity index (χ0) is 26.9. The Labute approximate surface area is 220 Å². The lowest BCUT2D eigenvalue weighted by Crippen LogP contribution is -2.32. The second-order valence-electron chi connectivity index (χ2n) is 8.25. The smallest absolute Gasteiger partial charge is 0.330 e. The van der Waals surface area contributed by atoms with Gasteiger partial charge in [-0.3, -0.25) is 9.78 Å². The van der Waals surface area contributed by atoms with E-state index in [1.54, 1.807) is 41.4 Å². The highest BCUT2D eigenvalue weighted by molar-refractivity contribution is 6.14. The van der Waals surface area contributed by atoms with E-state index in [0.29, 0.717) is 16.8 Å². The largest absolute Gasteiger partial charge is 0.466 e. The Balaban J connectivity index is 2.02. The summed E-state index contributed by atoms with van der Waals surface area (Å²) in [5, 5.41) is 1.56. The van der Waals surface area contributed by atoms with Gasteiger partial charge in [-0.1, -0.05) is 66.7 Å². The Morgan fingerprint density at radius 1 is 0.763 bits per heavy atom. The van der Waals surface area contributed by atoms with Gasteiger partial charge in [0.25, 0.3) is 5.91 Å². The van der Waals surface area contributed by atoms with E-state index in [1.807, 2.05) is 60.7 Å². The monoisotopic (exact) mass is 506 g/mol. The van der Waals surface area contributed by atoms with Crippen molar-refractivity contribution < 1.29 is 23.9 Å². The van der Waals surface area contributed by atoms with Crippen LogP contribution in [0.5, 0.6) is 0 Å². The number of ether oxygens (including phenoxy) is 2. The first-order chi connectivity index (χ1) is 18.5. The Morgan fingerprint density at radius 2 is 1.45 bits per heavy atom. The molecule has 0 aliphatic heterocycles. The van der Waals surface area contributed by atoms with E-state index in [2.05, 4.69) is 4.98 Å². The maximum absolute atomic E-state index is 14.0. The highest BCUT2D eigenvalue weighted by atomic mass is 16.5. The molecular weight excluding hydrogens is 480 g/mol. The Hall–Kier alpha value is -5.04. The molecule has 190 valence electrons. The van der Waals surface area contributed by atoms with Crippen LogP contribution in [0.15, 0.2) is 97.2 Å². The van der Waals surface area contributed by atoms with Crippen molar-refractivity contribution >= 4 is 46.5 Å². The van der Waals surface area contributed by atoms with Crippen molar-refractivity contribution in [2.45, 2.75) is 6.54 Å². The summed E-state index contributed by atoms with van der Waals surface area (Å²) in [6.07, 6.45) is 7.48. The van der Waals surface area contributed by atoms with Gasteiger partial charge in [0.15, 0.2) is 0 Å². The lowest BCUT2D eigenvalue weighted by molar-refractivity contribution is -0.135. The molecule has 7 heteroatoms. The number of pyridine rings is 1. The number of fused-ring (bicyclic) bond motifs is 1. The van der Waals surface area contributed by atoms with E-state index >= 15 is 0 Å². The first kappa shape index (κ1) is 26.0. The molecule has 1 aromatic heterocycles. The van der Waals surface area contributed by atoms with Crippen molar-refractivity contribution in [1.82, 2.24) is 4.98 Å². The Morgan fingerprint density at radius 3 is 2.11 bits per heavy atom. The van der Waals surface area contributed by atoms with Crippen LogP contribution in [0.1, 0.15) is 27.2 Å². The molecule has 0 bridgehead atoms. The minimum absolute atomic E-state index is 0.240. The number of rotatable bonds is 8. The fraction of sp³-hybridized carbons (Fsp3) is 0.0968. The molecule has 0 unspecified atom stereocenters. The minimum Gasteiger partial charge on any atom is -0.466 e. The average molecular weight is 507 g/mol. The number of hydrogen-bond acceptors (Lipinski definition) is 6. The third kappa shape index (κ3) is 6.02. The predicted octanol–water partition coefficient (Wildman–Crippen LogP) is 5.45. The van der Waals surface area contributed by atoms with Gasteiger partial charge >= 0.3 is 11.9 Å². The number of esters is 2. The van der Waals surface area contributed by atoms with Gasteiger partial charge in [-0.25, -0.2) is 9.59 Å². The molecule has 4 rings (SSSR count). The first-order valence-corrected chi connectivity index (χ1v) is 11.9. The molecule has 38 heavy (non-hydrogen) atoms. The molecule has 1 amide bonds. The number of hydrogen-bond donors (Lipinski definition) is 0. The standard InChI is InChI=1S/C31H26N2O5/c1-37-27(34)18-16-24-12-8-11-23-14-15-25(17-19-28(35)38-2)30(29(23)24)33(21-22-9-4-3-5-10-22)31(36)26-13-6-7-20-32-26/h3-20H,21H2,1-2H3/b18-16+,19-17+. The van der Waals surface area contributed by atoms with Gasteiger partial charge in [-0.2, -0.15) is 0 Å². The summed E-state index contributed by atoms with van der Waals surface area (Å²) >= 11 is 0. The van der Waals surface area contributed by atoms with Crippen LogP contribution in [0.2, 0.25) is 0 Å². The summed E-state index contributed by atoms with van der Waals surface area (Å²) < 4.78 is 9.57. The molecule has 0 saturated carbocycles. The summed E-state index contributed by atoms with van der Waals surface area (Å²) in [6, 6.07) is 24.1. The fourth-order valence-electron chi connectivity index (χ4n) is 4.07. The summed E-state index contributed by atoms with van der Waals surface area (Å²) in [7, 11) is 2.61. The van der Waals surface area contributed by atoms with Crippen LogP contribution in [0.25, 0.3) is 22.9 Å². The number of amides is 1. The number of anilines is 1. The molecule has 4 aromatic rings. The number of nitrogens with zero attached hydrogens (tertiary/aromatic N) is 2. The molecule has 0 N–H and O–H groups in total. The number of benzene rings is 3. The molecule has 0 atom stereocenters. The molecule has 0 spiro atoms. The van der Waals surface area contributed by atoms with Crippen molar-refractivity contribution in [3.05, 3.63) is 120 Å². The first-order valence-electron chi connectivity index (χ1n) is 11.9. The lowest BCUT2D eigenvalue weighted by atomic mass is 9.96. The molecule has 0 fully saturated rings. The second kappa shape index (κ2) is 12.3. The van der Waals surface area contributed by atoms with E-state index < -0.39 is 11.9 Å². The van der Waals surface area contributed by atoms with Crippen LogP contribution in [-0.4, -0.2) is 37.0 Å². The molecule has 3 aromatic carbocycles. The number of carbonyl (C=O) groups is 3. The minimum atomic E-state index is -0.527.